The zero-order valence-electron chi connectivity index (χ0n) is 9.50. The highest BCUT2D eigenvalue weighted by Crippen LogP contribution is 2.35. The fourth-order valence-corrected chi connectivity index (χ4v) is 1.97. The first-order valence-corrected chi connectivity index (χ1v) is 6.16. The summed E-state index contributed by atoms with van der Waals surface area (Å²) in [5.74, 6) is 0.312. The van der Waals surface area contributed by atoms with Crippen LogP contribution < -0.4 is 10.1 Å². The highest BCUT2D eigenvalue weighted by Gasteiger charge is 2.43. The lowest BCUT2D eigenvalue weighted by molar-refractivity contribution is 0.0903. The van der Waals surface area contributed by atoms with E-state index in [-0.39, 0.29) is 12.5 Å². The van der Waals surface area contributed by atoms with Crippen molar-refractivity contribution in [2.75, 3.05) is 13.7 Å². The van der Waals surface area contributed by atoms with Crippen molar-refractivity contribution in [3.05, 3.63) is 28.2 Å². The lowest BCUT2D eigenvalue weighted by atomic mass is 10.1. The van der Waals surface area contributed by atoms with Crippen LogP contribution in [-0.2, 0) is 0 Å². The van der Waals surface area contributed by atoms with Crippen LogP contribution in [0.5, 0.6) is 5.75 Å². The number of carbonyl (C=O) groups excluding carboxylic acids is 1. The molecule has 4 nitrogen and oxygen atoms in total. The molecule has 0 unspecified atom stereocenters. The predicted molar refractivity (Wildman–Crippen MR) is 67.2 cm³/mol. The van der Waals surface area contributed by atoms with E-state index < -0.39 is 5.54 Å². The second-order valence-electron chi connectivity index (χ2n) is 4.24. The normalized spacial score (nSPS) is 16.4. The summed E-state index contributed by atoms with van der Waals surface area (Å²) in [7, 11) is 1.53. The summed E-state index contributed by atoms with van der Waals surface area (Å²) in [4.78, 5) is 12.0. The Morgan fingerprint density at radius 2 is 2.29 bits per heavy atom. The number of rotatable bonds is 4. The van der Waals surface area contributed by atoms with Crippen LogP contribution in [0.4, 0.5) is 0 Å². The van der Waals surface area contributed by atoms with Crippen LogP contribution in [0.2, 0.25) is 0 Å². The van der Waals surface area contributed by atoms with Gasteiger partial charge >= 0.3 is 0 Å². The number of benzene rings is 1. The Morgan fingerprint density at radius 1 is 1.59 bits per heavy atom. The first-order chi connectivity index (χ1) is 8.10. The van der Waals surface area contributed by atoms with Crippen LogP contribution >= 0.6 is 15.9 Å². The van der Waals surface area contributed by atoms with Gasteiger partial charge in [-0.3, -0.25) is 4.79 Å². The molecule has 0 aromatic heterocycles. The standard InChI is InChI=1S/C12H14BrNO3/c1-17-10-6-8(13)2-3-9(10)11(16)14-12(7-15)4-5-12/h2-3,6,15H,4-5,7H2,1H3,(H,14,16). The van der Waals surface area contributed by atoms with Crippen molar-refractivity contribution in [2.45, 2.75) is 18.4 Å². The average molecular weight is 300 g/mol. The van der Waals surface area contributed by atoms with Crippen molar-refractivity contribution in [1.29, 1.82) is 0 Å². The van der Waals surface area contributed by atoms with Crippen molar-refractivity contribution >= 4 is 21.8 Å². The van der Waals surface area contributed by atoms with E-state index in [1.54, 1.807) is 18.2 Å². The minimum absolute atomic E-state index is 0.0163. The zero-order chi connectivity index (χ0) is 12.5. The Kier molecular flexibility index (Phi) is 3.40. The Bertz CT molecular complexity index is 443. The molecule has 1 saturated carbocycles. The summed E-state index contributed by atoms with van der Waals surface area (Å²) < 4.78 is 6.02. The molecular formula is C12H14BrNO3. The second-order valence-corrected chi connectivity index (χ2v) is 5.15. The third-order valence-electron chi connectivity index (χ3n) is 2.94. The summed E-state index contributed by atoms with van der Waals surface area (Å²) in [5, 5.41) is 12.0. The van der Waals surface area contributed by atoms with Crippen molar-refractivity contribution in [2.24, 2.45) is 0 Å². The smallest absolute Gasteiger partial charge is 0.255 e. The van der Waals surface area contributed by atoms with Crippen molar-refractivity contribution in [3.8, 4) is 5.75 Å². The van der Waals surface area contributed by atoms with E-state index in [2.05, 4.69) is 21.2 Å². The zero-order valence-corrected chi connectivity index (χ0v) is 11.1. The number of hydrogen-bond donors (Lipinski definition) is 2. The average Bonchev–Trinajstić information content (AvgIpc) is 3.09. The van der Waals surface area contributed by atoms with Gasteiger partial charge in [-0.25, -0.2) is 0 Å². The van der Waals surface area contributed by atoms with Crippen molar-refractivity contribution < 1.29 is 14.6 Å². The number of hydrogen-bond acceptors (Lipinski definition) is 3. The molecule has 0 bridgehead atoms. The minimum atomic E-state index is -0.408. The number of aliphatic hydroxyl groups is 1. The minimum Gasteiger partial charge on any atom is -0.496 e. The fraction of sp³-hybridized carbons (Fsp3) is 0.417. The molecule has 0 atom stereocenters. The third-order valence-corrected chi connectivity index (χ3v) is 3.44. The van der Waals surface area contributed by atoms with Gasteiger partial charge in [0.15, 0.2) is 0 Å². The molecule has 1 aliphatic rings. The Hall–Kier alpha value is -1.07. The van der Waals surface area contributed by atoms with Crippen molar-refractivity contribution in [1.82, 2.24) is 5.32 Å². The maximum Gasteiger partial charge on any atom is 0.255 e. The highest BCUT2D eigenvalue weighted by molar-refractivity contribution is 9.10. The predicted octanol–water partition coefficient (Wildman–Crippen LogP) is 1.71. The molecule has 0 heterocycles. The fourth-order valence-electron chi connectivity index (χ4n) is 1.63. The summed E-state index contributed by atoms with van der Waals surface area (Å²) >= 11 is 3.32. The van der Waals surface area contributed by atoms with Crippen LogP contribution in [0, 0.1) is 0 Å². The number of halogens is 1. The van der Waals surface area contributed by atoms with Crippen molar-refractivity contribution in [3.63, 3.8) is 0 Å². The molecular weight excluding hydrogens is 286 g/mol. The van der Waals surface area contributed by atoms with E-state index in [4.69, 9.17) is 9.84 Å². The monoisotopic (exact) mass is 299 g/mol. The van der Waals surface area contributed by atoms with Gasteiger partial charge in [0.25, 0.3) is 5.91 Å². The first-order valence-electron chi connectivity index (χ1n) is 5.37. The van der Waals surface area contributed by atoms with Crippen LogP contribution in [0.1, 0.15) is 23.2 Å². The molecule has 5 heteroatoms. The topological polar surface area (TPSA) is 58.6 Å². The highest BCUT2D eigenvalue weighted by atomic mass is 79.9. The van der Waals surface area contributed by atoms with Crippen LogP contribution in [0.25, 0.3) is 0 Å². The molecule has 92 valence electrons. The molecule has 17 heavy (non-hydrogen) atoms. The molecule has 1 aliphatic carbocycles. The van der Waals surface area contributed by atoms with Crippen LogP contribution in [0.3, 0.4) is 0 Å². The lowest BCUT2D eigenvalue weighted by Gasteiger charge is -2.15. The van der Waals surface area contributed by atoms with E-state index in [0.29, 0.717) is 11.3 Å². The van der Waals surface area contributed by atoms with Gasteiger partial charge in [0.1, 0.15) is 5.75 Å². The molecule has 1 aromatic carbocycles. The summed E-state index contributed by atoms with van der Waals surface area (Å²) in [5.41, 5.74) is 0.0743. The van der Waals surface area contributed by atoms with Gasteiger partial charge < -0.3 is 15.2 Å². The van der Waals surface area contributed by atoms with Crippen LogP contribution in [0.15, 0.2) is 22.7 Å². The maximum atomic E-state index is 12.0. The molecule has 1 fully saturated rings. The quantitative estimate of drug-likeness (QED) is 0.890. The van der Waals surface area contributed by atoms with Gasteiger partial charge in [-0.1, -0.05) is 15.9 Å². The van der Waals surface area contributed by atoms with E-state index in [1.165, 1.54) is 7.11 Å². The number of amides is 1. The van der Waals surface area contributed by atoms with E-state index in [9.17, 15) is 4.79 Å². The van der Waals surface area contributed by atoms with Gasteiger partial charge in [0.05, 0.1) is 24.8 Å². The number of ether oxygens (including phenoxy) is 1. The molecule has 1 aromatic rings. The Labute approximate surface area is 108 Å². The van der Waals surface area contributed by atoms with Crippen LogP contribution in [-0.4, -0.2) is 30.3 Å². The molecule has 0 saturated heterocycles. The van der Waals surface area contributed by atoms with Gasteiger partial charge in [-0.05, 0) is 31.0 Å². The summed E-state index contributed by atoms with van der Waals surface area (Å²) in [6.07, 6.45) is 1.65. The molecule has 2 rings (SSSR count). The number of carbonyl (C=O) groups is 1. The number of aliphatic hydroxyl groups excluding tert-OH is 1. The summed E-state index contributed by atoms with van der Waals surface area (Å²) in [6.45, 7) is -0.0163. The molecule has 2 N–H and O–H groups in total. The lowest BCUT2D eigenvalue weighted by Crippen LogP contribution is -2.39. The van der Waals surface area contributed by atoms with Gasteiger partial charge in [-0.2, -0.15) is 0 Å². The number of methoxy groups -OCH3 is 1. The Morgan fingerprint density at radius 3 is 2.82 bits per heavy atom. The Balaban J connectivity index is 2.19. The van der Waals surface area contributed by atoms with E-state index in [0.717, 1.165) is 17.3 Å². The maximum absolute atomic E-state index is 12.0. The SMILES string of the molecule is COc1cc(Br)ccc1C(=O)NC1(CO)CC1. The molecule has 0 spiro atoms. The first kappa shape index (κ1) is 12.4. The van der Waals surface area contributed by atoms with E-state index in [1.807, 2.05) is 0 Å². The molecule has 0 radical (unpaired) electrons. The largest absolute Gasteiger partial charge is 0.496 e. The van der Waals surface area contributed by atoms with Gasteiger partial charge in [0, 0.05) is 4.47 Å². The second kappa shape index (κ2) is 4.66. The molecule has 1 amide bonds. The summed E-state index contributed by atoms with van der Waals surface area (Å²) in [6, 6.07) is 5.23. The number of nitrogens with one attached hydrogen (secondary N) is 1. The van der Waals surface area contributed by atoms with Gasteiger partial charge in [0.2, 0.25) is 0 Å². The molecule has 0 aliphatic heterocycles. The van der Waals surface area contributed by atoms with E-state index >= 15 is 0 Å². The third kappa shape index (κ3) is 2.61. The van der Waals surface area contributed by atoms with Gasteiger partial charge in [-0.15, -0.1) is 0 Å².